The van der Waals surface area contributed by atoms with Crippen molar-refractivity contribution in [2.75, 3.05) is 14.2 Å². The Kier molecular flexibility index (Phi) is 5.54. The first-order valence-electron chi connectivity index (χ1n) is 8.35. The van der Waals surface area contributed by atoms with Gasteiger partial charge in [0.2, 0.25) is 0 Å². The summed E-state index contributed by atoms with van der Waals surface area (Å²) in [6, 6.07) is 24.4. The van der Waals surface area contributed by atoms with Crippen LogP contribution in [-0.4, -0.2) is 20.1 Å². The summed E-state index contributed by atoms with van der Waals surface area (Å²) < 4.78 is 10.4. The lowest BCUT2D eigenvalue weighted by Gasteiger charge is -2.20. The normalized spacial score (nSPS) is 11.5. The lowest BCUT2D eigenvalue weighted by Crippen LogP contribution is -2.29. The Labute approximate surface area is 153 Å². The van der Waals surface area contributed by atoms with E-state index in [2.05, 4.69) is 5.32 Å². The zero-order valence-corrected chi connectivity index (χ0v) is 14.8. The number of carbonyl (C=O) groups excluding carboxylic acids is 1. The van der Waals surface area contributed by atoms with Crippen molar-refractivity contribution in [3.05, 3.63) is 95.6 Å². The van der Waals surface area contributed by atoms with Crippen molar-refractivity contribution >= 4 is 5.91 Å². The van der Waals surface area contributed by atoms with Crippen molar-refractivity contribution in [3.63, 3.8) is 0 Å². The molecule has 0 aliphatic rings. The van der Waals surface area contributed by atoms with Crippen LogP contribution in [0, 0.1) is 0 Å². The molecule has 0 fully saturated rings. The third kappa shape index (κ3) is 4.03. The fraction of sp³-hybridized carbons (Fsp3) is 0.136. The zero-order valence-electron chi connectivity index (χ0n) is 14.8. The van der Waals surface area contributed by atoms with E-state index in [9.17, 15) is 4.79 Å². The van der Waals surface area contributed by atoms with E-state index in [0.717, 1.165) is 22.6 Å². The van der Waals surface area contributed by atoms with Crippen LogP contribution in [-0.2, 0) is 0 Å². The van der Waals surface area contributed by atoms with Gasteiger partial charge >= 0.3 is 0 Å². The third-order valence-electron chi connectivity index (χ3n) is 4.21. The molecule has 0 heterocycles. The zero-order chi connectivity index (χ0) is 18.4. The van der Waals surface area contributed by atoms with E-state index >= 15 is 0 Å². The van der Waals surface area contributed by atoms with E-state index in [-0.39, 0.29) is 11.9 Å². The summed E-state index contributed by atoms with van der Waals surface area (Å²) in [6.07, 6.45) is 0. The molecule has 1 N–H and O–H groups in total. The standard InChI is InChI=1S/C22H21NO3/c1-25-19-12-8-17(9-13-19)21(16-6-4-3-5-7-16)23-22(24)18-10-14-20(26-2)15-11-18/h3-15,21H,1-2H3,(H,23,24). The van der Waals surface area contributed by atoms with Crippen LogP contribution in [0.5, 0.6) is 11.5 Å². The average Bonchev–Trinajstić information content (AvgIpc) is 2.72. The van der Waals surface area contributed by atoms with Gasteiger partial charge in [0.1, 0.15) is 11.5 Å². The molecule has 0 aliphatic heterocycles. The lowest BCUT2D eigenvalue weighted by molar-refractivity contribution is 0.0943. The molecule has 132 valence electrons. The van der Waals surface area contributed by atoms with E-state index in [1.165, 1.54) is 0 Å². The lowest BCUT2D eigenvalue weighted by atomic mass is 9.98. The van der Waals surface area contributed by atoms with Crippen molar-refractivity contribution in [1.29, 1.82) is 0 Å². The summed E-state index contributed by atoms with van der Waals surface area (Å²) in [7, 11) is 3.24. The molecule has 26 heavy (non-hydrogen) atoms. The molecular weight excluding hydrogens is 326 g/mol. The minimum absolute atomic E-state index is 0.141. The van der Waals surface area contributed by atoms with E-state index < -0.39 is 0 Å². The minimum atomic E-state index is -0.253. The van der Waals surface area contributed by atoms with Crippen LogP contribution in [0.25, 0.3) is 0 Å². The molecule has 4 nitrogen and oxygen atoms in total. The van der Waals surface area contributed by atoms with Gasteiger partial charge in [0.15, 0.2) is 0 Å². The summed E-state index contributed by atoms with van der Waals surface area (Å²) in [5.41, 5.74) is 2.58. The van der Waals surface area contributed by atoms with Crippen LogP contribution in [0.2, 0.25) is 0 Å². The Balaban J connectivity index is 1.88. The number of methoxy groups -OCH3 is 2. The highest BCUT2D eigenvalue weighted by Gasteiger charge is 2.18. The predicted molar refractivity (Wildman–Crippen MR) is 102 cm³/mol. The quantitative estimate of drug-likeness (QED) is 0.726. The fourth-order valence-electron chi connectivity index (χ4n) is 2.76. The Morgan fingerprint density at radius 1 is 0.731 bits per heavy atom. The van der Waals surface area contributed by atoms with Gasteiger partial charge in [-0.15, -0.1) is 0 Å². The highest BCUT2D eigenvalue weighted by molar-refractivity contribution is 5.94. The maximum absolute atomic E-state index is 12.7. The number of nitrogens with one attached hydrogen (secondary N) is 1. The van der Waals surface area contributed by atoms with E-state index in [4.69, 9.17) is 9.47 Å². The van der Waals surface area contributed by atoms with Gasteiger partial charge in [-0.1, -0.05) is 42.5 Å². The molecule has 1 amide bonds. The molecule has 0 spiro atoms. The Morgan fingerprint density at radius 2 is 1.23 bits per heavy atom. The van der Waals surface area contributed by atoms with Crippen molar-refractivity contribution in [3.8, 4) is 11.5 Å². The SMILES string of the molecule is COc1ccc(C(=O)NC(c2ccccc2)c2ccc(OC)cc2)cc1. The van der Waals surface area contributed by atoms with Gasteiger partial charge in [0.05, 0.1) is 20.3 Å². The summed E-state index contributed by atoms with van der Waals surface area (Å²) in [6.45, 7) is 0. The van der Waals surface area contributed by atoms with Crippen molar-refractivity contribution < 1.29 is 14.3 Å². The highest BCUT2D eigenvalue weighted by atomic mass is 16.5. The number of hydrogen-bond donors (Lipinski definition) is 1. The molecule has 1 atom stereocenters. The first kappa shape index (κ1) is 17.5. The number of hydrogen-bond acceptors (Lipinski definition) is 3. The number of carbonyl (C=O) groups is 1. The van der Waals surface area contributed by atoms with Crippen molar-refractivity contribution in [1.82, 2.24) is 5.32 Å². The monoisotopic (exact) mass is 347 g/mol. The van der Waals surface area contributed by atoms with Crippen LogP contribution >= 0.6 is 0 Å². The van der Waals surface area contributed by atoms with E-state index in [1.54, 1.807) is 38.5 Å². The summed E-state index contributed by atoms with van der Waals surface area (Å²) in [4.78, 5) is 12.7. The molecule has 0 saturated carbocycles. The van der Waals surface area contributed by atoms with Crippen LogP contribution in [0.4, 0.5) is 0 Å². The van der Waals surface area contributed by atoms with Crippen molar-refractivity contribution in [2.45, 2.75) is 6.04 Å². The maximum Gasteiger partial charge on any atom is 0.252 e. The summed E-state index contributed by atoms with van der Waals surface area (Å²) in [5, 5.41) is 3.12. The molecule has 3 aromatic carbocycles. The van der Waals surface area contributed by atoms with Gasteiger partial charge in [0, 0.05) is 5.56 Å². The van der Waals surface area contributed by atoms with Gasteiger partial charge in [-0.2, -0.15) is 0 Å². The Hall–Kier alpha value is -3.27. The fourth-order valence-corrected chi connectivity index (χ4v) is 2.76. The van der Waals surface area contributed by atoms with Crippen LogP contribution < -0.4 is 14.8 Å². The molecule has 0 saturated heterocycles. The molecule has 4 heteroatoms. The topological polar surface area (TPSA) is 47.6 Å². The summed E-state index contributed by atoms with van der Waals surface area (Å²) in [5.74, 6) is 1.36. The van der Waals surface area contributed by atoms with Gasteiger partial charge < -0.3 is 14.8 Å². The largest absolute Gasteiger partial charge is 0.497 e. The first-order valence-corrected chi connectivity index (χ1v) is 8.35. The van der Waals surface area contributed by atoms with Crippen molar-refractivity contribution in [2.24, 2.45) is 0 Å². The Morgan fingerprint density at radius 3 is 1.77 bits per heavy atom. The summed E-state index contributed by atoms with van der Waals surface area (Å²) >= 11 is 0. The van der Waals surface area contributed by atoms with Gasteiger partial charge in [-0.3, -0.25) is 4.79 Å². The second kappa shape index (κ2) is 8.21. The molecule has 3 aromatic rings. The van der Waals surface area contributed by atoms with Gasteiger partial charge in [-0.05, 0) is 47.5 Å². The molecule has 0 bridgehead atoms. The van der Waals surface area contributed by atoms with E-state index in [0.29, 0.717) is 5.56 Å². The number of rotatable bonds is 6. The first-order chi connectivity index (χ1) is 12.7. The number of ether oxygens (including phenoxy) is 2. The molecule has 0 aromatic heterocycles. The smallest absolute Gasteiger partial charge is 0.252 e. The number of amides is 1. The molecule has 1 unspecified atom stereocenters. The maximum atomic E-state index is 12.7. The second-order valence-electron chi connectivity index (χ2n) is 5.82. The van der Waals surface area contributed by atoms with Crippen LogP contribution in [0.15, 0.2) is 78.9 Å². The Bertz CT molecular complexity index is 843. The third-order valence-corrected chi connectivity index (χ3v) is 4.21. The van der Waals surface area contributed by atoms with Crippen LogP contribution in [0.1, 0.15) is 27.5 Å². The average molecular weight is 347 g/mol. The highest BCUT2D eigenvalue weighted by Crippen LogP contribution is 2.25. The van der Waals surface area contributed by atoms with Gasteiger partial charge in [0.25, 0.3) is 5.91 Å². The predicted octanol–water partition coefficient (Wildman–Crippen LogP) is 4.22. The molecule has 0 aliphatic carbocycles. The van der Waals surface area contributed by atoms with Gasteiger partial charge in [-0.25, -0.2) is 0 Å². The molecule has 3 rings (SSSR count). The minimum Gasteiger partial charge on any atom is -0.497 e. The van der Waals surface area contributed by atoms with Crippen LogP contribution in [0.3, 0.4) is 0 Å². The second-order valence-corrected chi connectivity index (χ2v) is 5.82. The van der Waals surface area contributed by atoms with E-state index in [1.807, 2.05) is 54.6 Å². The molecular formula is C22H21NO3. The molecule has 0 radical (unpaired) electrons. The number of benzene rings is 3.